The standard InChI is InChI=1S/C10H16O6/c1-2-15-10(14)6-7-16-9(13)5-3-4-8(11)12/h2-7H2,1H3,(H,11,12). The van der Waals surface area contributed by atoms with Gasteiger partial charge in [0.1, 0.15) is 6.61 Å². The van der Waals surface area contributed by atoms with E-state index in [1.807, 2.05) is 0 Å². The number of hydrogen-bond donors (Lipinski definition) is 1. The number of carbonyl (C=O) groups is 3. The van der Waals surface area contributed by atoms with Gasteiger partial charge in [-0.3, -0.25) is 14.4 Å². The number of rotatable bonds is 8. The summed E-state index contributed by atoms with van der Waals surface area (Å²) < 4.78 is 9.34. The van der Waals surface area contributed by atoms with Gasteiger partial charge in [-0.2, -0.15) is 0 Å². The molecule has 0 fully saturated rings. The van der Waals surface area contributed by atoms with Crippen LogP contribution in [0.25, 0.3) is 0 Å². The first-order valence-corrected chi connectivity index (χ1v) is 5.09. The van der Waals surface area contributed by atoms with Crippen molar-refractivity contribution < 1.29 is 29.0 Å². The topological polar surface area (TPSA) is 89.9 Å². The molecule has 0 aliphatic heterocycles. The predicted octanol–water partition coefficient (Wildman–Crippen LogP) is 0.738. The monoisotopic (exact) mass is 232 g/mol. The van der Waals surface area contributed by atoms with Gasteiger partial charge in [0.25, 0.3) is 0 Å². The minimum Gasteiger partial charge on any atom is -0.481 e. The third-order valence-corrected chi connectivity index (χ3v) is 1.65. The van der Waals surface area contributed by atoms with Crippen molar-refractivity contribution >= 4 is 17.9 Å². The van der Waals surface area contributed by atoms with E-state index in [1.54, 1.807) is 6.92 Å². The van der Waals surface area contributed by atoms with Crippen LogP contribution in [0.5, 0.6) is 0 Å². The maximum Gasteiger partial charge on any atom is 0.309 e. The molecule has 0 saturated heterocycles. The van der Waals surface area contributed by atoms with Gasteiger partial charge < -0.3 is 14.6 Å². The summed E-state index contributed by atoms with van der Waals surface area (Å²) >= 11 is 0. The van der Waals surface area contributed by atoms with Gasteiger partial charge in [-0.15, -0.1) is 0 Å². The fourth-order valence-corrected chi connectivity index (χ4v) is 0.937. The van der Waals surface area contributed by atoms with Crippen molar-refractivity contribution in [3.63, 3.8) is 0 Å². The molecule has 0 aromatic rings. The van der Waals surface area contributed by atoms with Crippen LogP contribution < -0.4 is 0 Å². The number of esters is 2. The molecule has 0 aliphatic carbocycles. The SMILES string of the molecule is CCOC(=O)CCOC(=O)CCCC(=O)O. The number of carbonyl (C=O) groups excluding carboxylic acids is 2. The van der Waals surface area contributed by atoms with Crippen LogP contribution in [0.15, 0.2) is 0 Å². The smallest absolute Gasteiger partial charge is 0.309 e. The molecule has 92 valence electrons. The van der Waals surface area contributed by atoms with Crippen LogP contribution in [-0.2, 0) is 23.9 Å². The molecule has 0 amide bonds. The van der Waals surface area contributed by atoms with E-state index in [1.165, 1.54) is 0 Å². The molecule has 0 radical (unpaired) electrons. The first-order valence-electron chi connectivity index (χ1n) is 5.09. The Bertz CT molecular complexity index is 248. The van der Waals surface area contributed by atoms with Crippen molar-refractivity contribution in [1.29, 1.82) is 0 Å². The molecule has 0 heterocycles. The molecule has 0 saturated carbocycles. The lowest BCUT2D eigenvalue weighted by Crippen LogP contribution is -2.12. The Balaban J connectivity index is 3.43. The van der Waals surface area contributed by atoms with E-state index >= 15 is 0 Å². The number of carboxylic acids is 1. The van der Waals surface area contributed by atoms with Crippen LogP contribution in [0.4, 0.5) is 0 Å². The summed E-state index contributed by atoms with van der Waals surface area (Å²) in [4.78, 5) is 32.0. The Hall–Kier alpha value is -1.59. The molecule has 0 rings (SSSR count). The van der Waals surface area contributed by atoms with Gasteiger partial charge in [-0.1, -0.05) is 0 Å². The van der Waals surface area contributed by atoms with Gasteiger partial charge in [0.15, 0.2) is 0 Å². The Morgan fingerprint density at radius 2 is 1.62 bits per heavy atom. The van der Waals surface area contributed by atoms with Crippen LogP contribution in [0.3, 0.4) is 0 Å². The maximum absolute atomic E-state index is 11.0. The van der Waals surface area contributed by atoms with Crippen molar-refractivity contribution in [2.45, 2.75) is 32.6 Å². The van der Waals surface area contributed by atoms with Crippen molar-refractivity contribution in [1.82, 2.24) is 0 Å². The molecular weight excluding hydrogens is 216 g/mol. The summed E-state index contributed by atoms with van der Waals surface area (Å²) in [6.07, 6.45) is 0.258. The molecule has 0 unspecified atom stereocenters. The number of ether oxygens (including phenoxy) is 2. The number of hydrogen-bond acceptors (Lipinski definition) is 5. The highest BCUT2D eigenvalue weighted by molar-refractivity contribution is 5.72. The van der Waals surface area contributed by atoms with E-state index < -0.39 is 17.9 Å². The van der Waals surface area contributed by atoms with E-state index in [-0.39, 0.29) is 32.3 Å². The molecule has 0 bridgehead atoms. The van der Waals surface area contributed by atoms with E-state index in [0.29, 0.717) is 6.61 Å². The quantitative estimate of drug-likeness (QED) is 0.621. The van der Waals surface area contributed by atoms with Crippen molar-refractivity contribution in [2.75, 3.05) is 13.2 Å². The zero-order valence-corrected chi connectivity index (χ0v) is 9.23. The number of carboxylic acid groups (broad SMARTS) is 1. The molecule has 6 heteroatoms. The third kappa shape index (κ3) is 8.98. The highest BCUT2D eigenvalue weighted by atomic mass is 16.5. The van der Waals surface area contributed by atoms with Crippen LogP contribution >= 0.6 is 0 Å². The van der Waals surface area contributed by atoms with Crippen molar-refractivity contribution in [3.8, 4) is 0 Å². The Morgan fingerprint density at radius 3 is 2.19 bits per heavy atom. The van der Waals surface area contributed by atoms with Gasteiger partial charge >= 0.3 is 17.9 Å². The molecule has 0 aromatic carbocycles. The predicted molar refractivity (Wildman–Crippen MR) is 53.7 cm³/mol. The Labute approximate surface area is 93.5 Å². The lowest BCUT2D eigenvalue weighted by molar-refractivity contribution is -0.149. The second-order valence-corrected chi connectivity index (χ2v) is 3.02. The fraction of sp³-hybridized carbons (Fsp3) is 0.700. The molecule has 0 spiro atoms. The number of aliphatic carboxylic acids is 1. The van der Waals surface area contributed by atoms with E-state index in [0.717, 1.165) is 0 Å². The van der Waals surface area contributed by atoms with Crippen molar-refractivity contribution in [2.24, 2.45) is 0 Å². The highest BCUT2D eigenvalue weighted by Crippen LogP contribution is 1.98. The second-order valence-electron chi connectivity index (χ2n) is 3.02. The molecule has 0 aliphatic rings. The van der Waals surface area contributed by atoms with E-state index in [4.69, 9.17) is 9.84 Å². The average Bonchev–Trinajstić information content (AvgIpc) is 2.17. The van der Waals surface area contributed by atoms with Crippen LogP contribution in [0.1, 0.15) is 32.6 Å². The lowest BCUT2D eigenvalue weighted by Gasteiger charge is -2.03. The molecular formula is C10H16O6. The minimum absolute atomic E-state index is 0.0231. The molecule has 6 nitrogen and oxygen atoms in total. The van der Waals surface area contributed by atoms with E-state index in [9.17, 15) is 14.4 Å². The minimum atomic E-state index is -0.945. The van der Waals surface area contributed by atoms with Gasteiger partial charge in [-0.05, 0) is 13.3 Å². The summed E-state index contributed by atoms with van der Waals surface area (Å²) in [5, 5.41) is 8.32. The van der Waals surface area contributed by atoms with Gasteiger partial charge in [0.2, 0.25) is 0 Å². The Kier molecular flexibility index (Phi) is 7.83. The normalized spacial score (nSPS) is 9.56. The molecule has 0 aromatic heterocycles. The van der Waals surface area contributed by atoms with Crippen LogP contribution in [-0.4, -0.2) is 36.2 Å². The zero-order valence-electron chi connectivity index (χ0n) is 9.23. The summed E-state index contributed by atoms with van der Waals surface area (Å²) in [6, 6.07) is 0. The fourth-order valence-electron chi connectivity index (χ4n) is 0.937. The van der Waals surface area contributed by atoms with Gasteiger partial charge in [0, 0.05) is 12.8 Å². The zero-order chi connectivity index (χ0) is 12.4. The second kappa shape index (κ2) is 8.70. The third-order valence-electron chi connectivity index (χ3n) is 1.65. The summed E-state index contributed by atoms with van der Waals surface area (Å²) in [5.41, 5.74) is 0. The van der Waals surface area contributed by atoms with E-state index in [2.05, 4.69) is 4.74 Å². The summed E-state index contributed by atoms with van der Waals surface area (Å²) in [5.74, 6) is -1.86. The molecule has 0 atom stereocenters. The lowest BCUT2D eigenvalue weighted by atomic mass is 10.2. The first-order chi connectivity index (χ1) is 7.56. The molecule has 1 N–H and O–H groups in total. The van der Waals surface area contributed by atoms with Gasteiger partial charge in [0.05, 0.1) is 13.0 Å². The van der Waals surface area contributed by atoms with Crippen LogP contribution in [0, 0.1) is 0 Å². The molecule has 16 heavy (non-hydrogen) atoms. The van der Waals surface area contributed by atoms with Gasteiger partial charge in [-0.25, -0.2) is 0 Å². The van der Waals surface area contributed by atoms with Crippen molar-refractivity contribution in [3.05, 3.63) is 0 Å². The maximum atomic E-state index is 11.0. The Morgan fingerprint density at radius 1 is 1.00 bits per heavy atom. The first kappa shape index (κ1) is 14.4. The largest absolute Gasteiger partial charge is 0.481 e. The van der Waals surface area contributed by atoms with Crippen LogP contribution in [0.2, 0.25) is 0 Å². The average molecular weight is 232 g/mol. The summed E-state index contributed by atoms with van der Waals surface area (Å²) in [6.45, 7) is 1.96. The highest BCUT2D eigenvalue weighted by Gasteiger charge is 2.07. The summed E-state index contributed by atoms with van der Waals surface area (Å²) in [7, 11) is 0.